The highest BCUT2D eigenvalue weighted by Gasteiger charge is 2.16. The lowest BCUT2D eigenvalue weighted by Crippen LogP contribution is -2.33. The molecule has 4 nitrogen and oxygen atoms in total. The monoisotopic (exact) mass is 284 g/mol. The summed E-state index contributed by atoms with van der Waals surface area (Å²) in [6, 6.07) is 17.1. The number of carbonyl (C=O) groups is 1. The summed E-state index contributed by atoms with van der Waals surface area (Å²) >= 11 is 0. The quantitative estimate of drug-likeness (QED) is 0.819. The average molecular weight is 284 g/mol. The minimum absolute atomic E-state index is 0.384. The highest BCUT2D eigenvalue weighted by molar-refractivity contribution is 5.81. The van der Waals surface area contributed by atoms with Crippen LogP contribution in [0.2, 0.25) is 0 Å². The Morgan fingerprint density at radius 1 is 1.10 bits per heavy atom. The van der Waals surface area contributed by atoms with Crippen molar-refractivity contribution in [1.29, 1.82) is 0 Å². The molecule has 0 bridgehead atoms. The average Bonchev–Trinajstić information content (AvgIpc) is 2.50. The summed E-state index contributed by atoms with van der Waals surface area (Å²) in [5.41, 5.74) is 8.54. The largest absolute Gasteiger partial charge is 0.380 e. The zero-order valence-corrected chi connectivity index (χ0v) is 12.1. The zero-order valence-electron chi connectivity index (χ0n) is 12.1. The van der Waals surface area contributed by atoms with Crippen molar-refractivity contribution < 1.29 is 9.53 Å². The van der Waals surface area contributed by atoms with Crippen molar-refractivity contribution in [3.63, 3.8) is 0 Å². The Morgan fingerprint density at radius 2 is 1.76 bits per heavy atom. The number of methoxy groups -OCH3 is 1. The van der Waals surface area contributed by atoms with Gasteiger partial charge >= 0.3 is 0 Å². The number of rotatable bonds is 7. The Kier molecular flexibility index (Phi) is 5.49. The van der Waals surface area contributed by atoms with E-state index in [0.29, 0.717) is 13.2 Å². The number of hydrogen-bond acceptors (Lipinski definition) is 3. The van der Waals surface area contributed by atoms with Crippen LogP contribution in [-0.2, 0) is 22.7 Å². The molecule has 110 valence electrons. The third-order valence-corrected chi connectivity index (χ3v) is 3.26. The Balaban J connectivity index is 2.06. The molecule has 0 fully saturated rings. The molecule has 0 heterocycles. The van der Waals surface area contributed by atoms with Crippen LogP contribution in [0.5, 0.6) is 0 Å². The van der Waals surface area contributed by atoms with E-state index in [9.17, 15) is 4.79 Å². The van der Waals surface area contributed by atoms with Crippen LogP contribution in [-0.4, -0.2) is 13.0 Å². The predicted octanol–water partition coefficient (Wildman–Crippen LogP) is 2.15. The summed E-state index contributed by atoms with van der Waals surface area (Å²) in [7, 11) is 1.65. The second-order valence-corrected chi connectivity index (χ2v) is 4.88. The maximum absolute atomic E-state index is 11.7. The maximum atomic E-state index is 11.7. The van der Waals surface area contributed by atoms with E-state index in [1.165, 1.54) is 0 Å². The number of amides is 1. The topological polar surface area (TPSA) is 64.3 Å². The fraction of sp³-hybridized carbons (Fsp3) is 0.235. The van der Waals surface area contributed by atoms with E-state index in [-0.39, 0.29) is 5.91 Å². The molecule has 4 heteroatoms. The Labute approximate surface area is 124 Å². The number of hydrogen-bond donors (Lipinski definition) is 2. The second kappa shape index (κ2) is 7.57. The highest BCUT2D eigenvalue weighted by Crippen LogP contribution is 2.15. The highest BCUT2D eigenvalue weighted by atomic mass is 16.5. The van der Waals surface area contributed by atoms with Crippen LogP contribution < -0.4 is 11.1 Å². The third kappa shape index (κ3) is 4.41. The van der Waals surface area contributed by atoms with Crippen LogP contribution in [0.1, 0.15) is 22.7 Å². The van der Waals surface area contributed by atoms with Crippen molar-refractivity contribution in [2.45, 2.75) is 19.2 Å². The van der Waals surface area contributed by atoms with Gasteiger partial charge in [0.05, 0.1) is 6.61 Å². The Hall–Kier alpha value is -2.17. The van der Waals surface area contributed by atoms with Crippen LogP contribution in [0.4, 0.5) is 0 Å². The molecular formula is C17H20N2O2. The predicted molar refractivity (Wildman–Crippen MR) is 82.4 cm³/mol. The van der Waals surface area contributed by atoms with Gasteiger partial charge in [0, 0.05) is 13.7 Å². The molecule has 0 aliphatic carbocycles. The van der Waals surface area contributed by atoms with E-state index in [4.69, 9.17) is 10.5 Å². The van der Waals surface area contributed by atoms with Crippen molar-refractivity contribution >= 4 is 5.91 Å². The van der Waals surface area contributed by atoms with Crippen molar-refractivity contribution in [2.24, 2.45) is 5.73 Å². The smallest absolute Gasteiger partial charge is 0.239 e. The fourth-order valence-electron chi connectivity index (χ4n) is 2.17. The van der Waals surface area contributed by atoms with Gasteiger partial charge in [0.25, 0.3) is 0 Å². The third-order valence-electron chi connectivity index (χ3n) is 3.26. The number of benzene rings is 2. The minimum Gasteiger partial charge on any atom is -0.380 e. The summed E-state index contributed by atoms with van der Waals surface area (Å²) in [6.07, 6.45) is 0. The lowest BCUT2D eigenvalue weighted by Gasteiger charge is -2.16. The molecule has 0 aromatic heterocycles. The summed E-state index contributed by atoms with van der Waals surface area (Å²) in [5.74, 6) is -0.384. The fourth-order valence-corrected chi connectivity index (χ4v) is 2.17. The first-order valence-electron chi connectivity index (χ1n) is 6.85. The Morgan fingerprint density at radius 3 is 2.33 bits per heavy atom. The van der Waals surface area contributed by atoms with Crippen LogP contribution in [0.3, 0.4) is 0 Å². The van der Waals surface area contributed by atoms with Crippen LogP contribution in [0.25, 0.3) is 0 Å². The molecule has 0 radical (unpaired) electrons. The summed E-state index contributed by atoms with van der Waals surface area (Å²) in [5, 5.41) is 3.20. The van der Waals surface area contributed by atoms with Gasteiger partial charge < -0.3 is 10.5 Å². The van der Waals surface area contributed by atoms with Crippen molar-refractivity contribution in [3.8, 4) is 0 Å². The standard InChI is InChI=1S/C17H20N2O2/c1-21-12-14-7-9-15(10-8-14)16(17(18)20)19-11-13-5-3-2-4-6-13/h2-10,16,19H,11-12H2,1H3,(H2,18,20). The minimum atomic E-state index is -0.498. The van der Waals surface area contributed by atoms with Gasteiger partial charge in [-0.25, -0.2) is 0 Å². The molecule has 2 aromatic rings. The van der Waals surface area contributed by atoms with E-state index < -0.39 is 6.04 Å². The SMILES string of the molecule is COCc1ccc(C(NCc2ccccc2)C(N)=O)cc1. The first-order chi connectivity index (χ1) is 10.2. The van der Waals surface area contributed by atoms with Crippen LogP contribution >= 0.6 is 0 Å². The number of nitrogens with one attached hydrogen (secondary N) is 1. The number of primary amides is 1. The molecule has 21 heavy (non-hydrogen) atoms. The van der Waals surface area contributed by atoms with Crippen molar-refractivity contribution in [3.05, 3.63) is 71.3 Å². The van der Waals surface area contributed by atoms with Crippen molar-refractivity contribution in [2.75, 3.05) is 7.11 Å². The molecule has 0 aliphatic rings. The van der Waals surface area contributed by atoms with Crippen molar-refractivity contribution in [1.82, 2.24) is 5.32 Å². The molecule has 1 unspecified atom stereocenters. The molecule has 0 aliphatic heterocycles. The number of nitrogens with two attached hydrogens (primary N) is 1. The van der Waals surface area contributed by atoms with Crippen LogP contribution in [0.15, 0.2) is 54.6 Å². The summed E-state index contributed by atoms with van der Waals surface area (Å²) < 4.78 is 5.07. The van der Waals surface area contributed by atoms with Gasteiger partial charge in [0.1, 0.15) is 6.04 Å². The van der Waals surface area contributed by atoms with Gasteiger partial charge in [0.2, 0.25) is 5.91 Å². The first-order valence-corrected chi connectivity index (χ1v) is 6.85. The second-order valence-electron chi connectivity index (χ2n) is 4.88. The molecule has 2 aromatic carbocycles. The number of ether oxygens (including phenoxy) is 1. The molecule has 1 atom stereocenters. The molecule has 0 spiro atoms. The van der Waals surface area contributed by atoms with E-state index in [1.54, 1.807) is 7.11 Å². The zero-order chi connectivity index (χ0) is 15.1. The van der Waals surface area contributed by atoms with Gasteiger partial charge in [-0.3, -0.25) is 10.1 Å². The summed E-state index contributed by atoms with van der Waals surface area (Å²) in [4.78, 5) is 11.7. The molecule has 0 saturated heterocycles. The molecule has 3 N–H and O–H groups in total. The number of carbonyl (C=O) groups excluding carboxylic acids is 1. The molecule has 0 saturated carbocycles. The van der Waals surface area contributed by atoms with E-state index in [0.717, 1.165) is 16.7 Å². The molecule has 2 rings (SSSR count). The van der Waals surface area contributed by atoms with E-state index >= 15 is 0 Å². The first kappa shape index (κ1) is 15.2. The lowest BCUT2D eigenvalue weighted by molar-refractivity contribution is -0.120. The Bertz CT molecular complexity index is 567. The van der Waals surface area contributed by atoms with E-state index in [1.807, 2.05) is 54.6 Å². The van der Waals surface area contributed by atoms with Gasteiger partial charge in [-0.2, -0.15) is 0 Å². The summed E-state index contributed by atoms with van der Waals surface area (Å²) in [6.45, 7) is 1.15. The van der Waals surface area contributed by atoms with Gasteiger partial charge in [0.15, 0.2) is 0 Å². The molecular weight excluding hydrogens is 264 g/mol. The normalized spacial score (nSPS) is 12.0. The maximum Gasteiger partial charge on any atom is 0.239 e. The van der Waals surface area contributed by atoms with Gasteiger partial charge in [-0.1, -0.05) is 54.6 Å². The van der Waals surface area contributed by atoms with E-state index in [2.05, 4.69) is 5.32 Å². The lowest BCUT2D eigenvalue weighted by atomic mass is 10.0. The van der Waals surface area contributed by atoms with Gasteiger partial charge in [-0.15, -0.1) is 0 Å². The molecule has 1 amide bonds. The van der Waals surface area contributed by atoms with Gasteiger partial charge in [-0.05, 0) is 16.7 Å². The van der Waals surface area contributed by atoms with Crippen LogP contribution in [0, 0.1) is 0 Å².